The predicted molar refractivity (Wildman–Crippen MR) is 142 cm³/mol. The van der Waals surface area contributed by atoms with E-state index in [9.17, 15) is 4.79 Å². The number of unbranched alkanes of at least 4 members (excludes halogenated alkanes) is 3. The SMILES string of the molecule is O=C(Cc1ccccc1)NCCCCCc1nc2ccccc2n1CCCCOc1ccccc1. The van der Waals surface area contributed by atoms with Crippen molar-refractivity contribution in [3.8, 4) is 5.75 Å². The van der Waals surface area contributed by atoms with E-state index in [-0.39, 0.29) is 5.91 Å². The Hall–Kier alpha value is -3.60. The molecule has 0 unspecified atom stereocenters. The van der Waals surface area contributed by atoms with Gasteiger partial charge in [-0.25, -0.2) is 4.98 Å². The number of rotatable bonds is 14. The highest BCUT2D eigenvalue weighted by Crippen LogP contribution is 2.19. The van der Waals surface area contributed by atoms with Crippen LogP contribution in [-0.2, 0) is 24.2 Å². The Kier molecular flexibility index (Phi) is 9.34. The van der Waals surface area contributed by atoms with Crippen LogP contribution in [0.5, 0.6) is 5.75 Å². The molecule has 1 N–H and O–H groups in total. The van der Waals surface area contributed by atoms with E-state index in [4.69, 9.17) is 9.72 Å². The van der Waals surface area contributed by atoms with Crippen molar-refractivity contribution in [3.05, 3.63) is 96.3 Å². The van der Waals surface area contributed by atoms with Crippen LogP contribution in [-0.4, -0.2) is 28.6 Å². The standard InChI is InChI=1S/C30H35N3O2/c34-30(24-25-14-4-1-5-15-25)31-21-11-3-8-20-29-32-27-18-9-10-19-28(27)33(29)22-12-13-23-35-26-16-6-2-7-17-26/h1-2,4-7,9-10,14-19H,3,8,11-13,20-24H2,(H,31,34). The topological polar surface area (TPSA) is 56.2 Å². The molecule has 35 heavy (non-hydrogen) atoms. The summed E-state index contributed by atoms with van der Waals surface area (Å²) in [6.45, 7) is 2.40. The normalized spacial score (nSPS) is 11.0. The number of nitrogens with one attached hydrogen (secondary N) is 1. The summed E-state index contributed by atoms with van der Waals surface area (Å²) < 4.78 is 8.22. The number of carbonyl (C=O) groups is 1. The number of para-hydroxylation sites is 3. The number of benzene rings is 3. The van der Waals surface area contributed by atoms with Gasteiger partial charge in [-0.15, -0.1) is 0 Å². The van der Waals surface area contributed by atoms with Crippen LogP contribution in [0, 0.1) is 0 Å². The molecule has 0 atom stereocenters. The molecule has 0 aliphatic rings. The van der Waals surface area contributed by atoms with Crippen LogP contribution in [0.1, 0.15) is 43.5 Å². The molecule has 0 spiro atoms. The highest BCUT2D eigenvalue weighted by atomic mass is 16.5. The molecule has 0 aliphatic heterocycles. The number of hydrogen-bond acceptors (Lipinski definition) is 3. The van der Waals surface area contributed by atoms with Gasteiger partial charge in [0.05, 0.1) is 24.1 Å². The van der Waals surface area contributed by atoms with Gasteiger partial charge in [0.1, 0.15) is 11.6 Å². The molecule has 0 saturated carbocycles. The van der Waals surface area contributed by atoms with Crippen molar-refractivity contribution in [1.29, 1.82) is 0 Å². The number of aromatic nitrogens is 2. The lowest BCUT2D eigenvalue weighted by Gasteiger charge is -2.10. The van der Waals surface area contributed by atoms with Gasteiger partial charge in [0, 0.05) is 19.5 Å². The van der Waals surface area contributed by atoms with E-state index < -0.39 is 0 Å². The first-order chi connectivity index (χ1) is 17.3. The molecule has 4 aromatic rings. The van der Waals surface area contributed by atoms with E-state index in [1.807, 2.05) is 60.7 Å². The maximum Gasteiger partial charge on any atom is 0.224 e. The Morgan fingerprint density at radius 1 is 0.800 bits per heavy atom. The smallest absolute Gasteiger partial charge is 0.224 e. The average molecular weight is 470 g/mol. The van der Waals surface area contributed by atoms with Crippen molar-refractivity contribution < 1.29 is 9.53 Å². The summed E-state index contributed by atoms with van der Waals surface area (Å²) in [6.07, 6.45) is 6.57. The molecule has 1 aromatic heterocycles. The van der Waals surface area contributed by atoms with Gasteiger partial charge >= 0.3 is 0 Å². The number of nitrogens with zero attached hydrogens (tertiary/aromatic N) is 2. The van der Waals surface area contributed by atoms with E-state index >= 15 is 0 Å². The van der Waals surface area contributed by atoms with Crippen molar-refractivity contribution in [2.24, 2.45) is 0 Å². The van der Waals surface area contributed by atoms with Crippen molar-refractivity contribution in [1.82, 2.24) is 14.9 Å². The Labute approximate surface area is 208 Å². The fraction of sp³-hybridized carbons (Fsp3) is 0.333. The van der Waals surface area contributed by atoms with Gasteiger partial charge in [0.15, 0.2) is 0 Å². The number of aryl methyl sites for hydroxylation is 2. The first-order valence-electron chi connectivity index (χ1n) is 12.7. The average Bonchev–Trinajstić information content (AvgIpc) is 3.24. The summed E-state index contributed by atoms with van der Waals surface area (Å²) >= 11 is 0. The van der Waals surface area contributed by atoms with E-state index in [0.717, 1.165) is 80.9 Å². The fourth-order valence-electron chi connectivity index (χ4n) is 4.30. The monoisotopic (exact) mass is 469 g/mol. The van der Waals surface area contributed by atoms with Crippen molar-refractivity contribution >= 4 is 16.9 Å². The minimum absolute atomic E-state index is 0.0919. The van der Waals surface area contributed by atoms with E-state index in [0.29, 0.717) is 6.42 Å². The molecule has 1 heterocycles. The van der Waals surface area contributed by atoms with Gasteiger partial charge in [-0.2, -0.15) is 0 Å². The van der Waals surface area contributed by atoms with Crippen LogP contribution in [0.2, 0.25) is 0 Å². The lowest BCUT2D eigenvalue weighted by atomic mass is 10.1. The lowest BCUT2D eigenvalue weighted by Crippen LogP contribution is -2.26. The number of imidazole rings is 1. The molecule has 182 valence electrons. The molecule has 3 aromatic carbocycles. The van der Waals surface area contributed by atoms with Gasteiger partial charge < -0.3 is 14.6 Å². The van der Waals surface area contributed by atoms with E-state index in [1.165, 1.54) is 5.52 Å². The van der Waals surface area contributed by atoms with Crippen LogP contribution in [0.25, 0.3) is 11.0 Å². The zero-order valence-electron chi connectivity index (χ0n) is 20.4. The zero-order chi connectivity index (χ0) is 24.1. The van der Waals surface area contributed by atoms with Crippen molar-refractivity contribution in [2.75, 3.05) is 13.2 Å². The van der Waals surface area contributed by atoms with Crippen LogP contribution in [0.3, 0.4) is 0 Å². The lowest BCUT2D eigenvalue weighted by molar-refractivity contribution is -0.120. The largest absolute Gasteiger partial charge is 0.494 e. The maximum absolute atomic E-state index is 12.1. The van der Waals surface area contributed by atoms with Gasteiger partial charge in [-0.05, 0) is 55.5 Å². The number of ether oxygens (including phenoxy) is 1. The highest BCUT2D eigenvalue weighted by molar-refractivity contribution is 5.78. The van der Waals surface area contributed by atoms with Crippen molar-refractivity contribution in [3.63, 3.8) is 0 Å². The summed E-state index contributed by atoms with van der Waals surface area (Å²) in [5, 5.41) is 3.04. The summed E-state index contributed by atoms with van der Waals surface area (Å²) in [5.74, 6) is 2.18. The third-order valence-electron chi connectivity index (χ3n) is 6.13. The highest BCUT2D eigenvalue weighted by Gasteiger charge is 2.10. The second kappa shape index (κ2) is 13.3. The van der Waals surface area contributed by atoms with Crippen LogP contribution >= 0.6 is 0 Å². The third-order valence-corrected chi connectivity index (χ3v) is 6.13. The Morgan fingerprint density at radius 3 is 2.37 bits per heavy atom. The molecular weight excluding hydrogens is 434 g/mol. The third kappa shape index (κ3) is 7.71. The van der Waals surface area contributed by atoms with Gasteiger partial charge in [-0.1, -0.05) is 67.1 Å². The van der Waals surface area contributed by atoms with Gasteiger partial charge in [-0.3, -0.25) is 4.79 Å². The molecule has 0 saturated heterocycles. The van der Waals surface area contributed by atoms with Crippen LogP contribution in [0.4, 0.5) is 0 Å². The summed E-state index contributed by atoms with van der Waals surface area (Å²) in [7, 11) is 0. The summed E-state index contributed by atoms with van der Waals surface area (Å²) in [4.78, 5) is 17.0. The Balaban J connectivity index is 1.19. The minimum Gasteiger partial charge on any atom is -0.494 e. The minimum atomic E-state index is 0.0919. The molecule has 5 heteroatoms. The quantitative estimate of drug-likeness (QED) is 0.232. The molecule has 0 radical (unpaired) electrons. The molecule has 1 amide bonds. The van der Waals surface area contributed by atoms with Gasteiger partial charge in [0.2, 0.25) is 5.91 Å². The summed E-state index contributed by atoms with van der Waals surface area (Å²) in [6, 6.07) is 28.3. The Morgan fingerprint density at radius 2 is 1.54 bits per heavy atom. The number of fused-ring (bicyclic) bond motifs is 1. The van der Waals surface area contributed by atoms with Gasteiger partial charge in [0.25, 0.3) is 0 Å². The molecule has 4 rings (SSSR count). The Bertz CT molecular complexity index is 1170. The molecule has 0 fully saturated rings. The second-order valence-electron chi connectivity index (χ2n) is 8.86. The molecule has 0 bridgehead atoms. The van der Waals surface area contributed by atoms with E-state index in [1.54, 1.807) is 0 Å². The van der Waals surface area contributed by atoms with Crippen molar-refractivity contribution in [2.45, 2.75) is 51.5 Å². The first-order valence-corrected chi connectivity index (χ1v) is 12.7. The molecule has 0 aliphatic carbocycles. The second-order valence-corrected chi connectivity index (χ2v) is 8.86. The van der Waals surface area contributed by atoms with Crippen LogP contribution < -0.4 is 10.1 Å². The predicted octanol–water partition coefficient (Wildman–Crippen LogP) is 5.97. The van der Waals surface area contributed by atoms with Crippen LogP contribution in [0.15, 0.2) is 84.9 Å². The number of hydrogen-bond donors (Lipinski definition) is 1. The van der Waals surface area contributed by atoms with E-state index in [2.05, 4.69) is 34.1 Å². The fourth-order valence-corrected chi connectivity index (χ4v) is 4.30. The number of amides is 1. The first kappa shape index (κ1) is 24.5. The maximum atomic E-state index is 12.1. The molecular formula is C30H35N3O2. The molecule has 5 nitrogen and oxygen atoms in total. The summed E-state index contributed by atoms with van der Waals surface area (Å²) in [5.41, 5.74) is 3.33. The zero-order valence-corrected chi connectivity index (χ0v) is 20.4. The number of carbonyl (C=O) groups excluding carboxylic acids is 1.